The van der Waals surface area contributed by atoms with Crippen LogP contribution in [-0.2, 0) is 11.3 Å². The van der Waals surface area contributed by atoms with Crippen LogP contribution in [0.3, 0.4) is 0 Å². The minimum Gasteiger partial charge on any atom is -0.493 e. The predicted molar refractivity (Wildman–Crippen MR) is 112 cm³/mol. The third-order valence-electron chi connectivity index (χ3n) is 4.76. The maximum Gasteiger partial charge on any atom is 0.261 e. The second-order valence-corrected chi connectivity index (χ2v) is 6.81. The van der Waals surface area contributed by atoms with Crippen molar-refractivity contribution in [3.8, 4) is 5.75 Å². The van der Waals surface area contributed by atoms with E-state index in [0.29, 0.717) is 60.8 Å². The second kappa shape index (κ2) is 10.0. The van der Waals surface area contributed by atoms with Crippen molar-refractivity contribution in [1.82, 2.24) is 10.2 Å². The molecule has 2 aromatic rings. The van der Waals surface area contributed by atoms with Crippen LogP contribution in [-0.4, -0.2) is 49.0 Å². The number of ether oxygens (including phenoxy) is 2. The Labute approximate surface area is 176 Å². The standard InChI is InChI=1S/C23H26N2O5/c1-3-29-13-7-12-24-21(26)19-14-16(10-11-20(19)30-4-2)15-25-22(27)17-8-5-6-9-18(17)23(25)28/h5-6,8-11,14H,3-4,7,12-13,15H2,1-2H3,(H,24,26). The van der Waals surface area contributed by atoms with Gasteiger partial charge in [-0.3, -0.25) is 19.3 Å². The quantitative estimate of drug-likeness (QED) is 0.481. The summed E-state index contributed by atoms with van der Waals surface area (Å²) in [5, 5.41) is 2.86. The van der Waals surface area contributed by atoms with E-state index in [9.17, 15) is 14.4 Å². The first-order valence-corrected chi connectivity index (χ1v) is 10.1. The van der Waals surface area contributed by atoms with Crippen molar-refractivity contribution in [2.45, 2.75) is 26.8 Å². The highest BCUT2D eigenvalue weighted by Gasteiger charge is 2.35. The fourth-order valence-electron chi connectivity index (χ4n) is 3.32. The Bertz CT molecular complexity index is 906. The maximum atomic E-state index is 12.7. The molecule has 3 rings (SSSR count). The molecule has 0 aromatic heterocycles. The van der Waals surface area contributed by atoms with Crippen molar-refractivity contribution in [2.75, 3.05) is 26.4 Å². The molecule has 1 heterocycles. The molecule has 0 fully saturated rings. The number of benzene rings is 2. The molecule has 1 aliphatic rings. The van der Waals surface area contributed by atoms with Crippen LogP contribution >= 0.6 is 0 Å². The molecule has 1 aliphatic heterocycles. The van der Waals surface area contributed by atoms with E-state index >= 15 is 0 Å². The zero-order chi connectivity index (χ0) is 21.5. The molecule has 0 aliphatic carbocycles. The molecule has 7 nitrogen and oxygen atoms in total. The summed E-state index contributed by atoms with van der Waals surface area (Å²) in [5.74, 6) is -0.456. The average Bonchev–Trinajstić information content (AvgIpc) is 2.99. The number of carbonyl (C=O) groups is 3. The third-order valence-corrected chi connectivity index (χ3v) is 4.76. The van der Waals surface area contributed by atoms with Gasteiger partial charge in [0.15, 0.2) is 0 Å². The molecule has 0 spiro atoms. The fourth-order valence-corrected chi connectivity index (χ4v) is 3.32. The summed E-state index contributed by atoms with van der Waals surface area (Å²) in [6, 6.07) is 11.9. The number of imide groups is 1. The fraction of sp³-hybridized carbons (Fsp3) is 0.348. The van der Waals surface area contributed by atoms with Gasteiger partial charge in [-0.15, -0.1) is 0 Å². The minimum atomic E-state index is -0.327. The number of fused-ring (bicyclic) bond motifs is 1. The molecule has 0 atom stereocenters. The summed E-state index contributed by atoms with van der Waals surface area (Å²) >= 11 is 0. The van der Waals surface area contributed by atoms with Crippen molar-refractivity contribution in [3.05, 3.63) is 64.7 Å². The summed E-state index contributed by atoms with van der Waals surface area (Å²) < 4.78 is 10.9. The van der Waals surface area contributed by atoms with Crippen LogP contribution in [0, 0.1) is 0 Å². The molecule has 2 aromatic carbocycles. The highest BCUT2D eigenvalue weighted by molar-refractivity contribution is 6.21. The van der Waals surface area contributed by atoms with E-state index in [1.54, 1.807) is 42.5 Å². The van der Waals surface area contributed by atoms with E-state index < -0.39 is 0 Å². The van der Waals surface area contributed by atoms with E-state index in [1.807, 2.05) is 13.8 Å². The molecule has 0 saturated heterocycles. The van der Waals surface area contributed by atoms with Crippen LogP contribution in [0.1, 0.15) is 56.9 Å². The highest BCUT2D eigenvalue weighted by Crippen LogP contribution is 2.26. The molecular formula is C23H26N2O5. The predicted octanol–water partition coefficient (Wildman–Crippen LogP) is 3.04. The van der Waals surface area contributed by atoms with Crippen molar-refractivity contribution < 1.29 is 23.9 Å². The SMILES string of the molecule is CCOCCCNC(=O)c1cc(CN2C(=O)c3ccccc3C2=O)ccc1OCC. The number of rotatable bonds is 10. The number of hydrogen-bond acceptors (Lipinski definition) is 5. The van der Waals surface area contributed by atoms with E-state index in [1.165, 1.54) is 4.90 Å². The average molecular weight is 410 g/mol. The Morgan fingerprint density at radius 1 is 1.00 bits per heavy atom. The molecule has 1 N–H and O–H groups in total. The summed E-state index contributed by atoms with van der Waals surface area (Å²) in [6.07, 6.45) is 0.707. The van der Waals surface area contributed by atoms with Gasteiger partial charge in [0.25, 0.3) is 17.7 Å². The first-order valence-electron chi connectivity index (χ1n) is 10.1. The molecule has 0 radical (unpaired) electrons. The van der Waals surface area contributed by atoms with Gasteiger partial charge in [0, 0.05) is 19.8 Å². The normalized spacial score (nSPS) is 12.8. The number of amides is 3. The van der Waals surface area contributed by atoms with Gasteiger partial charge in [0.1, 0.15) is 5.75 Å². The Kier molecular flexibility index (Phi) is 7.19. The van der Waals surface area contributed by atoms with E-state index in [0.717, 1.165) is 0 Å². The number of hydrogen-bond donors (Lipinski definition) is 1. The van der Waals surface area contributed by atoms with Crippen LogP contribution in [0.25, 0.3) is 0 Å². The Hall–Kier alpha value is -3.19. The number of nitrogens with zero attached hydrogens (tertiary/aromatic N) is 1. The van der Waals surface area contributed by atoms with Crippen molar-refractivity contribution >= 4 is 17.7 Å². The smallest absolute Gasteiger partial charge is 0.261 e. The molecule has 3 amide bonds. The lowest BCUT2D eigenvalue weighted by atomic mass is 10.1. The van der Waals surface area contributed by atoms with Gasteiger partial charge in [-0.05, 0) is 50.1 Å². The van der Waals surface area contributed by atoms with Crippen LogP contribution in [0.5, 0.6) is 5.75 Å². The summed E-state index contributed by atoms with van der Waals surface area (Å²) in [4.78, 5) is 39.1. The molecule has 30 heavy (non-hydrogen) atoms. The van der Waals surface area contributed by atoms with Gasteiger partial charge >= 0.3 is 0 Å². The second-order valence-electron chi connectivity index (χ2n) is 6.81. The molecule has 158 valence electrons. The number of carbonyl (C=O) groups excluding carboxylic acids is 3. The summed E-state index contributed by atoms with van der Waals surface area (Å²) in [5.41, 5.74) is 1.86. The molecule has 7 heteroatoms. The monoisotopic (exact) mass is 410 g/mol. The van der Waals surface area contributed by atoms with Crippen molar-refractivity contribution in [1.29, 1.82) is 0 Å². The lowest BCUT2D eigenvalue weighted by Gasteiger charge is -2.16. The number of nitrogens with one attached hydrogen (secondary N) is 1. The third kappa shape index (κ3) is 4.68. The molecule has 0 saturated carbocycles. The minimum absolute atomic E-state index is 0.0867. The van der Waals surface area contributed by atoms with E-state index in [4.69, 9.17) is 9.47 Å². The largest absolute Gasteiger partial charge is 0.493 e. The first-order chi connectivity index (χ1) is 14.6. The lowest BCUT2D eigenvalue weighted by Crippen LogP contribution is -2.29. The Morgan fingerprint density at radius 3 is 2.33 bits per heavy atom. The topological polar surface area (TPSA) is 84.9 Å². The van der Waals surface area contributed by atoms with Gasteiger partial charge in [-0.25, -0.2) is 0 Å². The van der Waals surface area contributed by atoms with Gasteiger partial charge in [-0.2, -0.15) is 0 Å². The van der Waals surface area contributed by atoms with Gasteiger partial charge in [-0.1, -0.05) is 18.2 Å². The molecular weight excluding hydrogens is 384 g/mol. The van der Waals surface area contributed by atoms with E-state index in [2.05, 4.69) is 5.32 Å². The van der Waals surface area contributed by atoms with Crippen molar-refractivity contribution in [2.24, 2.45) is 0 Å². The lowest BCUT2D eigenvalue weighted by molar-refractivity contribution is 0.0642. The summed E-state index contributed by atoms with van der Waals surface area (Å²) in [7, 11) is 0. The van der Waals surface area contributed by atoms with E-state index in [-0.39, 0.29) is 24.3 Å². The first kappa shape index (κ1) is 21.5. The van der Waals surface area contributed by atoms with Gasteiger partial charge in [0.2, 0.25) is 0 Å². The van der Waals surface area contributed by atoms with Crippen molar-refractivity contribution in [3.63, 3.8) is 0 Å². The maximum absolute atomic E-state index is 12.7. The zero-order valence-electron chi connectivity index (χ0n) is 17.3. The Balaban J connectivity index is 1.75. The molecule has 0 unspecified atom stereocenters. The van der Waals surface area contributed by atoms with Crippen LogP contribution in [0.2, 0.25) is 0 Å². The van der Waals surface area contributed by atoms with Gasteiger partial charge < -0.3 is 14.8 Å². The molecule has 0 bridgehead atoms. The van der Waals surface area contributed by atoms with Gasteiger partial charge in [0.05, 0.1) is 29.8 Å². The highest BCUT2D eigenvalue weighted by atomic mass is 16.5. The van der Waals surface area contributed by atoms with Crippen LogP contribution < -0.4 is 10.1 Å². The zero-order valence-corrected chi connectivity index (χ0v) is 17.3. The Morgan fingerprint density at radius 2 is 1.70 bits per heavy atom. The summed E-state index contributed by atoms with van der Waals surface area (Å²) in [6.45, 7) is 5.97. The van der Waals surface area contributed by atoms with Crippen LogP contribution in [0.15, 0.2) is 42.5 Å². The van der Waals surface area contributed by atoms with Crippen LogP contribution in [0.4, 0.5) is 0 Å².